The van der Waals surface area contributed by atoms with Crippen molar-refractivity contribution in [2.24, 2.45) is 0 Å². The molecule has 6 nitrogen and oxygen atoms in total. The Hall–Kier alpha value is -1.69. The fraction of sp³-hybridized carbons (Fsp3) is 0.444. The van der Waals surface area contributed by atoms with Crippen LogP contribution in [0, 0.1) is 0 Å². The first-order valence-electron chi connectivity index (χ1n) is 5.00. The Morgan fingerprint density at radius 1 is 1.47 bits per heavy atom. The zero-order valence-corrected chi connectivity index (χ0v) is 8.10. The zero-order chi connectivity index (χ0) is 10.1. The van der Waals surface area contributed by atoms with Crippen molar-refractivity contribution in [3.05, 3.63) is 18.3 Å². The van der Waals surface area contributed by atoms with Gasteiger partial charge in [0.05, 0.1) is 6.04 Å². The maximum absolute atomic E-state index is 5.19. The minimum atomic E-state index is 0.209. The molecule has 15 heavy (non-hydrogen) atoms. The molecule has 3 heterocycles. The number of imidazole rings is 1. The Morgan fingerprint density at radius 2 is 2.47 bits per heavy atom. The van der Waals surface area contributed by atoms with Crippen LogP contribution in [0.3, 0.4) is 0 Å². The van der Waals surface area contributed by atoms with Gasteiger partial charge in [-0.05, 0) is 19.4 Å². The maximum Gasteiger partial charge on any atom is 0.244 e. The molecule has 0 saturated carbocycles. The largest absolute Gasteiger partial charge is 0.342 e. The third kappa shape index (κ3) is 1.52. The topological polar surface area (TPSA) is 79.6 Å². The van der Waals surface area contributed by atoms with E-state index in [0.717, 1.165) is 19.4 Å². The van der Waals surface area contributed by atoms with Crippen LogP contribution >= 0.6 is 0 Å². The molecule has 1 saturated heterocycles. The lowest BCUT2D eigenvalue weighted by Gasteiger charge is -2.00. The van der Waals surface area contributed by atoms with E-state index in [2.05, 4.69) is 25.4 Å². The van der Waals surface area contributed by atoms with Gasteiger partial charge in [0.15, 0.2) is 5.82 Å². The highest BCUT2D eigenvalue weighted by Crippen LogP contribution is 2.22. The van der Waals surface area contributed by atoms with Crippen LogP contribution in [0.5, 0.6) is 0 Å². The first-order chi connectivity index (χ1) is 7.43. The summed E-state index contributed by atoms with van der Waals surface area (Å²) >= 11 is 0. The lowest BCUT2D eigenvalue weighted by molar-refractivity contribution is 0.345. The van der Waals surface area contributed by atoms with Crippen molar-refractivity contribution >= 4 is 0 Å². The molecule has 0 unspecified atom stereocenters. The van der Waals surface area contributed by atoms with Gasteiger partial charge in [0, 0.05) is 12.4 Å². The summed E-state index contributed by atoms with van der Waals surface area (Å²) in [7, 11) is 0. The van der Waals surface area contributed by atoms with E-state index in [4.69, 9.17) is 4.52 Å². The lowest BCUT2D eigenvalue weighted by Crippen LogP contribution is -2.12. The fourth-order valence-corrected chi connectivity index (χ4v) is 1.76. The summed E-state index contributed by atoms with van der Waals surface area (Å²) in [5, 5.41) is 7.19. The number of rotatable bonds is 2. The predicted molar refractivity (Wildman–Crippen MR) is 51.9 cm³/mol. The SMILES string of the molecule is c1c[nH]c(-c2noc([C@@H]3CCCN3)n2)n1. The number of hydrogen-bond acceptors (Lipinski definition) is 5. The van der Waals surface area contributed by atoms with E-state index >= 15 is 0 Å². The van der Waals surface area contributed by atoms with Gasteiger partial charge in [0.2, 0.25) is 11.7 Å². The highest BCUT2D eigenvalue weighted by Gasteiger charge is 2.22. The molecule has 2 aromatic heterocycles. The molecule has 0 bridgehead atoms. The van der Waals surface area contributed by atoms with E-state index in [1.54, 1.807) is 12.4 Å². The molecule has 1 aliphatic heterocycles. The van der Waals surface area contributed by atoms with Crippen LogP contribution in [-0.2, 0) is 0 Å². The fourth-order valence-electron chi connectivity index (χ4n) is 1.76. The molecule has 6 heteroatoms. The predicted octanol–water partition coefficient (Wildman–Crippen LogP) is 0.884. The molecule has 78 valence electrons. The summed E-state index contributed by atoms with van der Waals surface area (Å²) < 4.78 is 5.19. The number of nitrogens with zero attached hydrogens (tertiary/aromatic N) is 3. The standard InChI is InChI=1S/C9H11N5O/c1-2-6(10-3-1)9-13-8(14-15-9)7-11-4-5-12-7/h4-6,10H,1-3H2,(H,11,12)/t6-/m0/s1. The van der Waals surface area contributed by atoms with E-state index in [1.807, 2.05) is 0 Å². The highest BCUT2D eigenvalue weighted by molar-refractivity contribution is 5.40. The van der Waals surface area contributed by atoms with Gasteiger partial charge in [-0.2, -0.15) is 4.98 Å². The average molecular weight is 205 g/mol. The van der Waals surface area contributed by atoms with E-state index in [-0.39, 0.29) is 6.04 Å². The summed E-state index contributed by atoms with van der Waals surface area (Å²) in [6, 6.07) is 0.209. The van der Waals surface area contributed by atoms with Crippen molar-refractivity contribution in [1.82, 2.24) is 25.4 Å². The van der Waals surface area contributed by atoms with Crippen molar-refractivity contribution in [1.29, 1.82) is 0 Å². The molecule has 1 fully saturated rings. The van der Waals surface area contributed by atoms with Crippen LogP contribution in [0.1, 0.15) is 24.8 Å². The van der Waals surface area contributed by atoms with Crippen molar-refractivity contribution < 1.29 is 4.52 Å². The van der Waals surface area contributed by atoms with Crippen molar-refractivity contribution in [3.8, 4) is 11.6 Å². The summed E-state index contributed by atoms with van der Waals surface area (Å²) in [4.78, 5) is 11.3. The van der Waals surface area contributed by atoms with Crippen molar-refractivity contribution in [3.63, 3.8) is 0 Å². The minimum Gasteiger partial charge on any atom is -0.342 e. The van der Waals surface area contributed by atoms with Crippen LogP contribution in [0.25, 0.3) is 11.6 Å². The highest BCUT2D eigenvalue weighted by atomic mass is 16.5. The molecule has 1 aliphatic rings. The van der Waals surface area contributed by atoms with Gasteiger partial charge in [-0.1, -0.05) is 5.16 Å². The smallest absolute Gasteiger partial charge is 0.244 e. The first-order valence-corrected chi connectivity index (χ1v) is 5.00. The Balaban J connectivity index is 1.87. The monoisotopic (exact) mass is 205 g/mol. The second-order valence-corrected chi connectivity index (χ2v) is 3.54. The molecule has 0 radical (unpaired) electrons. The number of nitrogens with one attached hydrogen (secondary N) is 2. The van der Waals surface area contributed by atoms with Gasteiger partial charge in [-0.25, -0.2) is 4.98 Å². The number of H-pyrrole nitrogens is 1. The van der Waals surface area contributed by atoms with Gasteiger partial charge in [-0.3, -0.25) is 0 Å². The zero-order valence-electron chi connectivity index (χ0n) is 8.10. The second-order valence-electron chi connectivity index (χ2n) is 3.54. The Labute approximate surface area is 86.1 Å². The molecule has 1 atom stereocenters. The van der Waals surface area contributed by atoms with Crippen LogP contribution in [0.4, 0.5) is 0 Å². The Bertz CT molecular complexity index is 429. The second kappa shape index (κ2) is 3.47. The summed E-state index contributed by atoms with van der Waals surface area (Å²) in [5.41, 5.74) is 0. The molecule has 2 aromatic rings. The van der Waals surface area contributed by atoms with Crippen LogP contribution in [-0.4, -0.2) is 26.7 Å². The van der Waals surface area contributed by atoms with Gasteiger partial charge >= 0.3 is 0 Å². The molecular formula is C9H11N5O. The van der Waals surface area contributed by atoms with Crippen molar-refractivity contribution in [2.75, 3.05) is 6.54 Å². The molecule has 0 aromatic carbocycles. The molecule has 0 amide bonds. The molecule has 0 spiro atoms. The molecule has 2 N–H and O–H groups in total. The van der Waals surface area contributed by atoms with Crippen LogP contribution < -0.4 is 5.32 Å². The Kier molecular flexibility index (Phi) is 1.99. The molecular weight excluding hydrogens is 194 g/mol. The van der Waals surface area contributed by atoms with Crippen LogP contribution in [0.15, 0.2) is 16.9 Å². The molecule has 3 rings (SSSR count). The van der Waals surface area contributed by atoms with Gasteiger partial charge in [0.25, 0.3) is 0 Å². The van der Waals surface area contributed by atoms with Gasteiger partial charge in [0.1, 0.15) is 0 Å². The third-order valence-corrected chi connectivity index (χ3v) is 2.51. The normalized spacial score (nSPS) is 20.9. The number of aromatic amines is 1. The Morgan fingerprint density at radius 3 is 3.20 bits per heavy atom. The average Bonchev–Trinajstić information content (AvgIpc) is 3.02. The summed E-state index contributed by atoms with van der Waals surface area (Å²) in [6.07, 6.45) is 5.61. The van der Waals surface area contributed by atoms with E-state index in [0.29, 0.717) is 17.5 Å². The van der Waals surface area contributed by atoms with E-state index in [9.17, 15) is 0 Å². The van der Waals surface area contributed by atoms with Gasteiger partial charge < -0.3 is 14.8 Å². The number of hydrogen-bond donors (Lipinski definition) is 2. The van der Waals surface area contributed by atoms with Crippen LogP contribution in [0.2, 0.25) is 0 Å². The third-order valence-electron chi connectivity index (χ3n) is 2.51. The minimum absolute atomic E-state index is 0.209. The van der Waals surface area contributed by atoms with E-state index in [1.165, 1.54) is 0 Å². The molecule has 0 aliphatic carbocycles. The van der Waals surface area contributed by atoms with Crippen molar-refractivity contribution in [2.45, 2.75) is 18.9 Å². The summed E-state index contributed by atoms with van der Waals surface area (Å²) in [5.74, 6) is 1.81. The van der Waals surface area contributed by atoms with E-state index < -0.39 is 0 Å². The number of aromatic nitrogens is 4. The lowest BCUT2D eigenvalue weighted by atomic mass is 10.2. The first kappa shape index (κ1) is 8.60. The maximum atomic E-state index is 5.19. The van der Waals surface area contributed by atoms with Gasteiger partial charge in [-0.15, -0.1) is 0 Å². The summed E-state index contributed by atoms with van der Waals surface area (Å²) in [6.45, 7) is 1.02. The quantitative estimate of drug-likeness (QED) is 0.760.